The van der Waals surface area contributed by atoms with E-state index in [0.29, 0.717) is 34.4 Å². The molecule has 0 aromatic heterocycles. The molecular formula is C19H17Cl2N3O4. The van der Waals surface area contributed by atoms with Crippen LogP contribution in [0.15, 0.2) is 36.4 Å². The molecule has 2 aromatic rings. The van der Waals surface area contributed by atoms with E-state index >= 15 is 0 Å². The van der Waals surface area contributed by atoms with E-state index in [9.17, 15) is 14.4 Å². The third-order valence-corrected chi connectivity index (χ3v) is 4.82. The molecule has 0 aliphatic carbocycles. The standard InChI is InChI=1S/C19H17Cl2N3O4/c1-28-16-7-5-12(20)10-13(16)19(27)23-22-18(26)11-4-6-14(21)15(9-11)24-8-2-3-17(24)25/h4-7,9-10H,2-3,8H2,1H3,(H,22,26)(H,23,27). The maximum Gasteiger partial charge on any atom is 0.273 e. The van der Waals surface area contributed by atoms with Crippen molar-refractivity contribution in [2.24, 2.45) is 0 Å². The third-order valence-electron chi connectivity index (χ3n) is 4.27. The molecule has 0 bridgehead atoms. The lowest BCUT2D eigenvalue weighted by molar-refractivity contribution is -0.117. The van der Waals surface area contributed by atoms with Gasteiger partial charge < -0.3 is 9.64 Å². The van der Waals surface area contributed by atoms with E-state index in [1.54, 1.807) is 23.1 Å². The Balaban J connectivity index is 1.73. The highest BCUT2D eigenvalue weighted by Gasteiger charge is 2.24. The molecule has 7 nitrogen and oxygen atoms in total. The molecule has 1 saturated heterocycles. The number of carbonyl (C=O) groups is 3. The Hall–Kier alpha value is -2.77. The highest BCUT2D eigenvalue weighted by molar-refractivity contribution is 6.34. The molecule has 9 heteroatoms. The van der Waals surface area contributed by atoms with Gasteiger partial charge in [-0.15, -0.1) is 0 Å². The van der Waals surface area contributed by atoms with Crippen molar-refractivity contribution in [2.75, 3.05) is 18.6 Å². The number of ether oxygens (including phenoxy) is 1. The second-order valence-electron chi connectivity index (χ2n) is 6.07. The average Bonchev–Trinajstić information content (AvgIpc) is 3.11. The number of rotatable bonds is 4. The van der Waals surface area contributed by atoms with Crippen molar-refractivity contribution in [1.82, 2.24) is 10.9 Å². The van der Waals surface area contributed by atoms with Gasteiger partial charge in [0.2, 0.25) is 5.91 Å². The van der Waals surface area contributed by atoms with Crippen molar-refractivity contribution in [3.63, 3.8) is 0 Å². The Kier molecular flexibility index (Phi) is 6.06. The molecule has 0 unspecified atom stereocenters. The summed E-state index contributed by atoms with van der Waals surface area (Å²) in [5.74, 6) is -0.867. The van der Waals surface area contributed by atoms with Gasteiger partial charge in [-0.1, -0.05) is 23.2 Å². The smallest absolute Gasteiger partial charge is 0.273 e. The van der Waals surface area contributed by atoms with E-state index in [-0.39, 0.29) is 17.0 Å². The van der Waals surface area contributed by atoms with Crippen molar-refractivity contribution in [1.29, 1.82) is 0 Å². The Bertz CT molecular complexity index is 949. The molecule has 0 spiro atoms. The summed E-state index contributed by atoms with van der Waals surface area (Å²) < 4.78 is 5.12. The first-order valence-corrected chi connectivity index (χ1v) is 9.20. The number of methoxy groups -OCH3 is 1. The van der Waals surface area contributed by atoms with Crippen molar-refractivity contribution in [2.45, 2.75) is 12.8 Å². The third kappa shape index (κ3) is 4.21. The van der Waals surface area contributed by atoms with Crippen molar-refractivity contribution >= 4 is 46.6 Å². The minimum atomic E-state index is -0.586. The second kappa shape index (κ2) is 8.50. The first-order chi connectivity index (χ1) is 13.4. The maximum atomic E-state index is 12.4. The Labute approximate surface area is 171 Å². The molecule has 3 rings (SSSR count). The number of anilines is 1. The van der Waals surface area contributed by atoms with Crippen molar-refractivity contribution in [3.05, 3.63) is 57.6 Å². The highest BCUT2D eigenvalue weighted by atomic mass is 35.5. The molecule has 3 amide bonds. The number of hydrogen-bond acceptors (Lipinski definition) is 4. The Morgan fingerprint density at radius 1 is 1.07 bits per heavy atom. The van der Waals surface area contributed by atoms with Gasteiger partial charge in [0.05, 0.1) is 23.4 Å². The van der Waals surface area contributed by atoms with Crippen LogP contribution in [0.5, 0.6) is 5.75 Å². The number of benzene rings is 2. The maximum absolute atomic E-state index is 12.4. The molecule has 1 heterocycles. The molecule has 1 fully saturated rings. The van der Waals surface area contributed by atoms with E-state index in [0.717, 1.165) is 6.42 Å². The Morgan fingerprint density at radius 3 is 2.50 bits per heavy atom. The lowest BCUT2D eigenvalue weighted by Crippen LogP contribution is -2.41. The zero-order valence-corrected chi connectivity index (χ0v) is 16.4. The van der Waals surface area contributed by atoms with Gasteiger partial charge in [-0.3, -0.25) is 25.2 Å². The highest BCUT2D eigenvalue weighted by Crippen LogP contribution is 2.30. The average molecular weight is 422 g/mol. The SMILES string of the molecule is COc1ccc(Cl)cc1C(=O)NNC(=O)c1ccc(Cl)c(N2CCCC2=O)c1. The zero-order chi connectivity index (χ0) is 20.3. The first kappa shape index (κ1) is 20.0. The molecule has 146 valence electrons. The van der Waals surface area contributed by atoms with Gasteiger partial charge in [0, 0.05) is 23.6 Å². The van der Waals surface area contributed by atoms with Crippen LogP contribution in [0.2, 0.25) is 10.0 Å². The molecule has 0 radical (unpaired) electrons. The van der Waals surface area contributed by atoms with E-state index in [1.807, 2.05) is 0 Å². The summed E-state index contributed by atoms with van der Waals surface area (Å²) in [6.07, 6.45) is 1.19. The molecule has 0 atom stereocenters. The molecule has 1 aliphatic heterocycles. The van der Waals surface area contributed by atoms with Crippen LogP contribution >= 0.6 is 23.2 Å². The quantitative estimate of drug-likeness (QED) is 0.741. The topological polar surface area (TPSA) is 87.7 Å². The first-order valence-electron chi connectivity index (χ1n) is 8.45. The minimum absolute atomic E-state index is 0.0409. The van der Waals surface area contributed by atoms with E-state index in [4.69, 9.17) is 27.9 Å². The predicted molar refractivity (Wildman–Crippen MR) is 106 cm³/mol. The summed E-state index contributed by atoms with van der Waals surface area (Å²) in [7, 11) is 1.42. The van der Waals surface area contributed by atoms with Crippen LogP contribution in [0.3, 0.4) is 0 Å². The van der Waals surface area contributed by atoms with Crippen LogP contribution in [0.25, 0.3) is 0 Å². The summed E-state index contributed by atoms with van der Waals surface area (Å²) in [4.78, 5) is 38.3. The number of halogens is 2. The van der Waals surface area contributed by atoms with E-state index in [2.05, 4.69) is 10.9 Å². The number of hydrazine groups is 1. The zero-order valence-electron chi connectivity index (χ0n) is 14.9. The summed E-state index contributed by atoms with van der Waals surface area (Å²) >= 11 is 12.1. The molecule has 0 saturated carbocycles. The normalized spacial score (nSPS) is 13.4. The number of carbonyl (C=O) groups excluding carboxylic acids is 3. The van der Waals surface area contributed by atoms with Gasteiger partial charge >= 0.3 is 0 Å². The van der Waals surface area contributed by atoms with Gasteiger partial charge in [0.25, 0.3) is 11.8 Å². The monoisotopic (exact) mass is 421 g/mol. The van der Waals surface area contributed by atoms with Crippen molar-refractivity contribution in [3.8, 4) is 5.75 Å². The van der Waals surface area contributed by atoms with Crippen molar-refractivity contribution < 1.29 is 19.1 Å². The van der Waals surface area contributed by atoms with Gasteiger partial charge in [0.15, 0.2) is 0 Å². The lowest BCUT2D eigenvalue weighted by atomic mass is 10.1. The molecular weight excluding hydrogens is 405 g/mol. The van der Waals surface area contributed by atoms with Crippen LogP contribution in [0.4, 0.5) is 5.69 Å². The number of amides is 3. The van der Waals surface area contributed by atoms with Gasteiger partial charge in [-0.2, -0.15) is 0 Å². The molecule has 28 heavy (non-hydrogen) atoms. The fourth-order valence-corrected chi connectivity index (χ4v) is 3.27. The van der Waals surface area contributed by atoms with Gasteiger partial charge in [0.1, 0.15) is 5.75 Å². The van der Waals surface area contributed by atoms with Crippen LogP contribution in [0.1, 0.15) is 33.6 Å². The minimum Gasteiger partial charge on any atom is -0.496 e. The van der Waals surface area contributed by atoms with E-state index in [1.165, 1.54) is 25.3 Å². The fourth-order valence-electron chi connectivity index (χ4n) is 2.87. The number of hydrogen-bond donors (Lipinski definition) is 2. The van der Waals surface area contributed by atoms with Gasteiger partial charge in [-0.05, 0) is 42.8 Å². The number of nitrogens with zero attached hydrogens (tertiary/aromatic N) is 1. The summed E-state index contributed by atoms with van der Waals surface area (Å²) in [5, 5.41) is 0.731. The van der Waals surface area contributed by atoms with Gasteiger partial charge in [-0.25, -0.2) is 0 Å². The molecule has 2 aromatic carbocycles. The Morgan fingerprint density at radius 2 is 1.82 bits per heavy atom. The largest absolute Gasteiger partial charge is 0.496 e. The van der Waals surface area contributed by atoms with Crippen LogP contribution in [-0.4, -0.2) is 31.4 Å². The van der Waals surface area contributed by atoms with Crippen LogP contribution in [-0.2, 0) is 4.79 Å². The molecule has 2 N–H and O–H groups in total. The predicted octanol–water partition coefficient (Wildman–Crippen LogP) is 3.20. The fraction of sp³-hybridized carbons (Fsp3) is 0.211. The summed E-state index contributed by atoms with van der Waals surface area (Å²) in [6.45, 7) is 0.551. The summed E-state index contributed by atoms with van der Waals surface area (Å²) in [6, 6.07) is 9.14. The van der Waals surface area contributed by atoms with Crippen LogP contribution in [0, 0.1) is 0 Å². The lowest BCUT2D eigenvalue weighted by Gasteiger charge is -2.18. The van der Waals surface area contributed by atoms with E-state index < -0.39 is 11.8 Å². The summed E-state index contributed by atoms with van der Waals surface area (Å²) in [5.41, 5.74) is 5.55. The second-order valence-corrected chi connectivity index (χ2v) is 6.91. The van der Waals surface area contributed by atoms with Crippen LogP contribution < -0.4 is 20.5 Å². The number of nitrogens with one attached hydrogen (secondary N) is 2. The molecule has 1 aliphatic rings.